The van der Waals surface area contributed by atoms with Crippen LogP contribution >= 0.6 is 11.3 Å². The lowest BCUT2D eigenvalue weighted by atomic mass is 9.89. The highest BCUT2D eigenvalue weighted by molar-refractivity contribution is 7.09. The molecule has 5 heteroatoms. The molecule has 0 fully saturated rings. The Balaban J connectivity index is 1.81. The quantitative estimate of drug-likeness (QED) is 0.275. The van der Waals surface area contributed by atoms with E-state index in [0.29, 0.717) is 17.7 Å². The lowest BCUT2D eigenvalue weighted by molar-refractivity contribution is 0.273. The third-order valence-electron chi connectivity index (χ3n) is 6.01. The Labute approximate surface area is 210 Å². The van der Waals surface area contributed by atoms with Gasteiger partial charge in [-0.15, -0.1) is 11.3 Å². The third-order valence-corrected chi connectivity index (χ3v) is 6.84. The third kappa shape index (κ3) is 4.98. The van der Waals surface area contributed by atoms with E-state index in [1.165, 1.54) is 0 Å². The summed E-state index contributed by atoms with van der Waals surface area (Å²) in [5.41, 5.74) is 9.02. The van der Waals surface area contributed by atoms with Crippen molar-refractivity contribution in [1.29, 1.82) is 10.5 Å². The molecule has 35 heavy (non-hydrogen) atoms. The molecule has 1 unspecified atom stereocenters. The van der Waals surface area contributed by atoms with Gasteiger partial charge >= 0.3 is 0 Å². The number of benzene rings is 3. The van der Waals surface area contributed by atoms with Gasteiger partial charge in [0.1, 0.15) is 0 Å². The van der Waals surface area contributed by atoms with Gasteiger partial charge in [0.15, 0.2) is 0 Å². The van der Waals surface area contributed by atoms with Crippen LogP contribution in [0, 0.1) is 22.7 Å². The summed E-state index contributed by atoms with van der Waals surface area (Å²) in [6.45, 7) is 8.62. The molecule has 0 aliphatic carbocycles. The smallest absolute Gasteiger partial charge is 0.0998 e. The number of aromatic nitrogens is 1. The molecule has 4 nitrogen and oxygen atoms in total. The van der Waals surface area contributed by atoms with Crippen LogP contribution in [0.25, 0.3) is 23.3 Å². The van der Waals surface area contributed by atoms with Gasteiger partial charge in [-0.1, -0.05) is 61.7 Å². The monoisotopic (exact) mass is 472 g/mol. The van der Waals surface area contributed by atoms with Crippen molar-refractivity contribution >= 4 is 23.5 Å². The number of hydrogen-bond acceptors (Lipinski definition) is 5. The normalized spacial score (nSPS) is 11.4. The zero-order chi connectivity index (χ0) is 24.8. The van der Waals surface area contributed by atoms with Crippen molar-refractivity contribution in [2.75, 3.05) is 7.05 Å². The summed E-state index contributed by atoms with van der Waals surface area (Å²) in [7, 11) is 2.08. The summed E-state index contributed by atoms with van der Waals surface area (Å²) in [6.07, 6.45) is 5.52. The molecular weight excluding hydrogens is 448 g/mol. The predicted octanol–water partition coefficient (Wildman–Crippen LogP) is 7.06. The molecule has 0 saturated carbocycles. The fourth-order valence-corrected chi connectivity index (χ4v) is 5.15. The van der Waals surface area contributed by atoms with Gasteiger partial charge in [0.05, 0.1) is 34.8 Å². The summed E-state index contributed by atoms with van der Waals surface area (Å²) in [5, 5.41) is 19.0. The summed E-state index contributed by atoms with van der Waals surface area (Å²) in [4.78, 5) is 7.69. The molecule has 0 aliphatic rings. The topological polar surface area (TPSA) is 63.7 Å². The van der Waals surface area contributed by atoms with E-state index in [0.717, 1.165) is 38.3 Å². The number of rotatable bonds is 8. The fourth-order valence-electron chi connectivity index (χ4n) is 4.34. The number of thiazole rings is 1. The molecule has 3 aromatic carbocycles. The van der Waals surface area contributed by atoms with E-state index >= 15 is 0 Å². The molecule has 4 rings (SSSR count). The van der Waals surface area contributed by atoms with Crippen LogP contribution in [0.5, 0.6) is 0 Å². The molecular formula is C30H24N4S. The zero-order valence-electron chi connectivity index (χ0n) is 19.5. The summed E-state index contributed by atoms with van der Waals surface area (Å²) >= 11 is 1.61. The molecule has 1 heterocycles. The van der Waals surface area contributed by atoms with Gasteiger partial charge in [0.25, 0.3) is 0 Å². The standard InChI is InChI=1S/C30H24N4S/c1-4-23-7-6-8-27(26(23)5-2)28-15-24(13-14-25(28)17-32)30(29-18-33-20-35-29)34(3)19-22-11-9-21(16-31)10-12-22/h4-15,18,20,30H,1-2,19H2,3H3. The Hall–Kier alpha value is -4.29. The van der Waals surface area contributed by atoms with E-state index in [4.69, 9.17) is 5.26 Å². The number of nitrogens with zero attached hydrogens (tertiary/aromatic N) is 4. The fraction of sp³-hybridized carbons (Fsp3) is 0.100. The van der Waals surface area contributed by atoms with Crippen molar-refractivity contribution < 1.29 is 0 Å². The Morgan fingerprint density at radius 1 is 1.00 bits per heavy atom. The highest BCUT2D eigenvalue weighted by Crippen LogP contribution is 2.37. The van der Waals surface area contributed by atoms with Crippen LogP contribution < -0.4 is 0 Å². The molecule has 0 N–H and O–H groups in total. The summed E-state index contributed by atoms with van der Waals surface area (Å²) in [6, 6.07) is 24.1. The SMILES string of the molecule is C=Cc1cccc(-c2cc(C(c3cncs3)N(C)Cc3ccc(C#N)cc3)ccc2C#N)c1C=C. The van der Waals surface area contributed by atoms with Crippen LogP contribution in [-0.4, -0.2) is 16.9 Å². The molecule has 0 spiro atoms. The van der Waals surface area contributed by atoms with Crippen molar-refractivity contribution in [2.24, 2.45) is 0 Å². The average molecular weight is 473 g/mol. The summed E-state index contributed by atoms with van der Waals surface area (Å²) < 4.78 is 0. The lowest BCUT2D eigenvalue weighted by Crippen LogP contribution is -2.24. The predicted molar refractivity (Wildman–Crippen MR) is 143 cm³/mol. The highest BCUT2D eigenvalue weighted by atomic mass is 32.1. The molecule has 0 saturated heterocycles. The largest absolute Gasteiger partial charge is 0.290 e. The first kappa shape index (κ1) is 23.9. The van der Waals surface area contributed by atoms with Crippen LogP contribution in [0.2, 0.25) is 0 Å². The Morgan fingerprint density at radius 3 is 2.43 bits per heavy atom. The molecule has 0 aliphatic heterocycles. The van der Waals surface area contributed by atoms with Crippen molar-refractivity contribution in [3.05, 3.63) is 124 Å². The first-order chi connectivity index (χ1) is 17.1. The van der Waals surface area contributed by atoms with E-state index < -0.39 is 0 Å². The van der Waals surface area contributed by atoms with E-state index in [2.05, 4.69) is 48.3 Å². The van der Waals surface area contributed by atoms with E-state index in [1.54, 1.807) is 11.3 Å². The van der Waals surface area contributed by atoms with Crippen molar-refractivity contribution in [2.45, 2.75) is 12.6 Å². The van der Waals surface area contributed by atoms with Crippen molar-refractivity contribution in [1.82, 2.24) is 9.88 Å². The second-order valence-electron chi connectivity index (χ2n) is 8.16. The lowest BCUT2D eigenvalue weighted by Gasteiger charge is -2.28. The molecule has 1 atom stereocenters. The Morgan fingerprint density at radius 2 is 1.80 bits per heavy atom. The average Bonchev–Trinajstić information content (AvgIpc) is 3.43. The minimum atomic E-state index is -0.0561. The van der Waals surface area contributed by atoms with E-state index in [-0.39, 0.29) is 6.04 Å². The molecule has 0 bridgehead atoms. The van der Waals surface area contributed by atoms with Gasteiger partial charge in [-0.05, 0) is 59.1 Å². The van der Waals surface area contributed by atoms with E-state index in [9.17, 15) is 5.26 Å². The van der Waals surface area contributed by atoms with Crippen LogP contribution in [-0.2, 0) is 6.54 Å². The molecule has 1 aromatic heterocycles. The van der Waals surface area contributed by atoms with Gasteiger partial charge in [-0.25, -0.2) is 0 Å². The van der Waals surface area contributed by atoms with Gasteiger partial charge in [0.2, 0.25) is 0 Å². The first-order valence-electron chi connectivity index (χ1n) is 11.1. The Kier molecular flexibility index (Phi) is 7.33. The van der Waals surface area contributed by atoms with Crippen LogP contribution in [0.4, 0.5) is 0 Å². The Bertz CT molecular complexity index is 1440. The van der Waals surface area contributed by atoms with Crippen molar-refractivity contribution in [3.8, 4) is 23.3 Å². The molecule has 0 amide bonds. The van der Waals surface area contributed by atoms with Gasteiger partial charge in [-0.3, -0.25) is 9.88 Å². The van der Waals surface area contributed by atoms with Gasteiger partial charge in [-0.2, -0.15) is 10.5 Å². The zero-order valence-corrected chi connectivity index (χ0v) is 20.3. The molecule has 4 aromatic rings. The van der Waals surface area contributed by atoms with Crippen LogP contribution in [0.15, 0.2) is 85.5 Å². The molecule has 170 valence electrons. The minimum absolute atomic E-state index is 0.0561. The maximum absolute atomic E-state index is 9.89. The maximum Gasteiger partial charge on any atom is 0.0998 e. The van der Waals surface area contributed by atoms with E-state index in [1.807, 2.05) is 78.5 Å². The molecule has 0 radical (unpaired) electrons. The number of hydrogen-bond donors (Lipinski definition) is 0. The van der Waals surface area contributed by atoms with Crippen LogP contribution in [0.3, 0.4) is 0 Å². The number of nitriles is 2. The summed E-state index contributed by atoms with van der Waals surface area (Å²) in [5.74, 6) is 0. The van der Waals surface area contributed by atoms with Gasteiger partial charge < -0.3 is 0 Å². The minimum Gasteiger partial charge on any atom is -0.290 e. The van der Waals surface area contributed by atoms with Crippen LogP contribution in [0.1, 0.15) is 44.3 Å². The second-order valence-corrected chi connectivity index (χ2v) is 9.08. The highest BCUT2D eigenvalue weighted by Gasteiger charge is 2.23. The maximum atomic E-state index is 9.89. The van der Waals surface area contributed by atoms with Crippen molar-refractivity contribution in [3.63, 3.8) is 0 Å². The van der Waals surface area contributed by atoms with Gasteiger partial charge in [0, 0.05) is 23.2 Å². The second kappa shape index (κ2) is 10.8. The first-order valence-corrected chi connectivity index (χ1v) is 12.0.